The van der Waals surface area contributed by atoms with Crippen LogP contribution in [0.15, 0.2) is 36.5 Å². The molecule has 0 saturated carbocycles. The molecule has 4 nitrogen and oxygen atoms in total. The molecular weight excluding hydrogens is 266 g/mol. The highest BCUT2D eigenvalue weighted by Gasteiger charge is 2.16. The lowest BCUT2D eigenvalue weighted by atomic mass is 10.00. The second-order valence-electron chi connectivity index (χ2n) is 4.65. The third-order valence-corrected chi connectivity index (χ3v) is 3.23. The molecule has 0 saturated heterocycles. The molecule has 1 unspecified atom stereocenters. The van der Waals surface area contributed by atoms with Crippen LogP contribution in [0.1, 0.15) is 36.8 Å². The fraction of sp³-hybridized carbons (Fsp3) is 0.353. The number of rotatable bonds is 6. The van der Waals surface area contributed by atoms with E-state index in [2.05, 4.69) is 4.98 Å². The van der Waals surface area contributed by atoms with Crippen molar-refractivity contribution in [3.63, 3.8) is 0 Å². The Hall–Kier alpha value is -2.07. The van der Waals surface area contributed by atoms with Gasteiger partial charge in [0.1, 0.15) is 6.10 Å². The van der Waals surface area contributed by atoms with Gasteiger partial charge in [0.2, 0.25) is 0 Å². The maximum atomic E-state index is 10.5. The lowest BCUT2D eigenvalue weighted by Crippen LogP contribution is -2.05. The summed E-state index contributed by atoms with van der Waals surface area (Å²) in [5.41, 5.74) is 2.37. The number of pyridine rings is 1. The van der Waals surface area contributed by atoms with Crippen molar-refractivity contribution in [1.82, 2.24) is 4.98 Å². The van der Waals surface area contributed by atoms with E-state index in [1.54, 1.807) is 6.20 Å². The Morgan fingerprint density at radius 3 is 2.48 bits per heavy atom. The molecule has 1 atom stereocenters. The molecule has 0 bridgehead atoms. The van der Waals surface area contributed by atoms with E-state index in [0.717, 1.165) is 16.8 Å². The van der Waals surface area contributed by atoms with E-state index in [4.69, 9.17) is 9.47 Å². The van der Waals surface area contributed by atoms with Gasteiger partial charge in [0.15, 0.2) is 11.5 Å². The Balaban J connectivity index is 2.35. The molecule has 0 radical (unpaired) electrons. The molecule has 0 spiro atoms. The Bertz CT molecular complexity index is 598. The molecule has 2 rings (SSSR count). The standard InChI is InChI=1S/C17H21NO3/c1-4-20-15-9-8-13(11-16(15)21-5-2)17(19)14-7-6-10-18-12(14)3/h6-11,17,19H,4-5H2,1-3H3. The van der Waals surface area contributed by atoms with Gasteiger partial charge in [-0.15, -0.1) is 0 Å². The summed E-state index contributed by atoms with van der Waals surface area (Å²) in [7, 11) is 0. The van der Waals surface area contributed by atoms with Crippen LogP contribution < -0.4 is 9.47 Å². The van der Waals surface area contributed by atoms with E-state index < -0.39 is 6.10 Å². The van der Waals surface area contributed by atoms with Crippen LogP contribution >= 0.6 is 0 Å². The number of benzene rings is 1. The summed E-state index contributed by atoms with van der Waals surface area (Å²) in [4.78, 5) is 4.22. The van der Waals surface area contributed by atoms with Crippen molar-refractivity contribution in [2.75, 3.05) is 13.2 Å². The Morgan fingerprint density at radius 2 is 1.81 bits per heavy atom. The van der Waals surface area contributed by atoms with Crippen LogP contribution in [0, 0.1) is 6.92 Å². The van der Waals surface area contributed by atoms with E-state index in [9.17, 15) is 5.11 Å². The number of hydrogen-bond donors (Lipinski definition) is 1. The van der Waals surface area contributed by atoms with Crippen LogP contribution in [-0.4, -0.2) is 23.3 Å². The smallest absolute Gasteiger partial charge is 0.161 e. The van der Waals surface area contributed by atoms with Crippen molar-refractivity contribution in [1.29, 1.82) is 0 Å². The van der Waals surface area contributed by atoms with E-state index in [0.29, 0.717) is 24.7 Å². The largest absolute Gasteiger partial charge is 0.490 e. The molecule has 2 aromatic rings. The zero-order chi connectivity index (χ0) is 15.2. The summed E-state index contributed by atoms with van der Waals surface area (Å²) < 4.78 is 11.1. The summed E-state index contributed by atoms with van der Waals surface area (Å²) in [6, 6.07) is 9.21. The van der Waals surface area contributed by atoms with Crippen LogP contribution in [0.25, 0.3) is 0 Å². The highest BCUT2D eigenvalue weighted by molar-refractivity contribution is 5.45. The first-order valence-corrected chi connectivity index (χ1v) is 7.16. The Morgan fingerprint density at radius 1 is 1.10 bits per heavy atom. The molecule has 1 N–H and O–H groups in total. The number of ether oxygens (including phenoxy) is 2. The molecule has 0 aliphatic carbocycles. The van der Waals surface area contributed by atoms with Gasteiger partial charge in [-0.25, -0.2) is 0 Å². The van der Waals surface area contributed by atoms with Crippen molar-refractivity contribution in [2.45, 2.75) is 26.9 Å². The molecule has 112 valence electrons. The van der Waals surface area contributed by atoms with Crippen LogP contribution in [0.3, 0.4) is 0 Å². The number of aliphatic hydroxyl groups excluding tert-OH is 1. The summed E-state index contributed by atoms with van der Waals surface area (Å²) in [5.74, 6) is 1.34. The summed E-state index contributed by atoms with van der Waals surface area (Å²) in [6.07, 6.45) is 0.989. The second kappa shape index (κ2) is 7.09. The van der Waals surface area contributed by atoms with Crippen molar-refractivity contribution in [3.8, 4) is 11.5 Å². The minimum Gasteiger partial charge on any atom is -0.490 e. The van der Waals surface area contributed by atoms with Gasteiger partial charge in [-0.3, -0.25) is 4.98 Å². The van der Waals surface area contributed by atoms with Gasteiger partial charge < -0.3 is 14.6 Å². The number of aryl methyl sites for hydroxylation is 1. The van der Waals surface area contributed by atoms with E-state index in [1.807, 2.05) is 51.1 Å². The minimum absolute atomic E-state index is 0.547. The van der Waals surface area contributed by atoms with Crippen LogP contribution in [0.4, 0.5) is 0 Å². The van der Waals surface area contributed by atoms with Gasteiger partial charge in [-0.1, -0.05) is 12.1 Å². The zero-order valence-electron chi connectivity index (χ0n) is 12.7. The average Bonchev–Trinajstić information content (AvgIpc) is 2.49. The second-order valence-corrected chi connectivity index (χ2v) is 4.65. The molecule has 0 aliphatic rings. The minimum atomic E-state index is -0.728. The van der Waals surface area contributed by atoms with Gasteiger partial charge in [0.05, 0.1) is 13.2 Å². The Labute approximate surface area is 125 Å². The number of nitrogens with zero attached hydrogens (tertiary/aromatic N) is 1. The summed E-state index contributed by atoms with van der Waals surface area (Å²) in [5, 5.41) is 10.5. The third-order valence-electron chi connectivity index (χ3n) is 3.23. The number of aliphatic hydroxyl groups is 1. The first-order chi connectivity index (χ1) is 10.2. The molecule has 0 fully saturated rings. The van der Waals surface area contributed by atoms with E-state index in [-0.39, 0.29) is 0 Å². The monoisotopic (exact) mass is 287 g/mol. The van der Waals surface area contributed by atoms with Gasteiger partial charge in [0.25, 0.3) is 0 Å². The van der Waals surface area contributed by atoms with Crippen molar-refractivity contribution in [3.05, 3.63) is 53.3 Å². The van der Waals surface area contributed by atoms with Crippen LogP contribution in [0.5, 0.6) is 11.5 Å². The lowest BCUT2D eigenvalue weighted by molar-refractivity contribution is 0.217. The third kappa shape index (κ3) is 3.52. The molecule has 4 heteroatoms. The van der Waals surface area contributed by atoms with E-state index in [1.165, 1.54) is 0 Å². The zero-order valence-corrected chi connectivity index (χ0v) is 12.7. The van der Waals surface area contributed by atoms with Gasteiger partial charge in [-0.05, 0) is 44.5 Å². The van der Waals surface area contributed by atoms with Crippen molar-refractivity contribution >= 4 is 0 Å². The van der Waals surface area contributed by atoms with Gasteiger partial charge in [0, 0.05) is 17.5 Å². The van der Waals surface area contributed by atoms with Crippen LogP contribution in [-0.2, 0) is 0 Å². The van der Waals surface area contributed by atoms with Gasteiger partial charge >= 0.3 is 0 Å². The number of hydrogen-bond acceptors (Lipinski definition) is 4. The maximum Gasteiger partial charge on any atom is 0.161 e. The molecule has 1 heterocycles. The summed E-state index contributed by atoms with van der Waals surface area (Å²) >= 11 is 0. The van der Waals surface area contributed by atoms with Crippen LogP contribution in [0.2, 0.25) is 0 Å². The van der Waals surface area contributed by atoms with E-state index >= 15 is 0 Å². The predicted octanol–water partition coefficient (Wildman–Crippen LogP) is 3.27. The van der Waals surface area contributed by atoms with Crippen molar-refractivity contribution in [2.24, 2.45) is 0 Å². The fourth-order valence-electron chi connectivity index (χ4n) is 2.20. The lowest BCUT2D eigenvalue weighted by Gasteiger charge is -2.16. The first kappa shape index (κ1) is 15.3. The molecule has 21 heavy (non-hydrogen) atoms. The first-order valence-electron chi connectivity index (χ1n) is 7.16. The topological polar surface area (TPSA) is 51.6 Å². The molecule has 1 aromatic carbocycles. The Kier molecular flexibility index (Phi) is 5.17. The number of aromatic nitrogens is 1. The highest BCUT2D eigenvalue weighted by Crippen LogP contribution is 2.33. The maximum absolute atomic E-state index is 10.5. The highest BCUT2D eigenvalue weighted by atomic mass is 16.5. The molecule has 0 amide bonds. The van der Waals surface area contributed by atoms with Crippen molar-refractivity contribution < 1.29 is 14.6 Å². The molecular formula is C17H21NO3. The predicted molar refractivity (Wildman–Crippen MR) is 81.8 cm³/mol. The molecule has 0 aliphatic heterocycles. The quantitative estimate of drug-likeness (QED) is 0.886. The summed E-state index contributed by atoms with van der Waals surface area (Å²) in [6.45, 7) is 6.85. The van der Waals surface area contributed by atoms with Gasteiger partial charge in [-0.2, -0.15) is 0 Å². The SMILES string of the molecule is CCOc1ccc(C(O)c2cccnc2C)cc1OCC. The fourth-order valence-corrected chi connectivity index (χ4v) is 2.20. The molecule has 1 aromatic heterocycles. The average molecular weight is 287 g/mol. The normalized spacial score (nSPS) is 12.0.